The van der Waals surface area contributed by atoms with E-state index in [4.69, 9.17) is 17.3 Å². The lowest BCUT2D eigenvalue weighted by atomic mass is 10.0. The summed E-state index contributed by atoms with van der Waals surface area (Å²) in [7, 11) is 0. The van der Waals surface area contributed by atoms with Crippen LogP contribution in [0.3, 0.4) is 0 Å². The third-order valence-electron chi connectivity index (χ3n) is 4.20. The molecule has 0 aliphatic heterocycles. The number of rotatable bonds is 5. The van der Waals surface area contributed by atoms with Crippen molar-refractivity contribution in [2.75, 3.05) is 6.54 Å². The molecule has 1 fully saturated rings. The van der Waals surface area contributed by atoms with Crippen LogP contribution in [0.5, 0.6) is 0 Å². The normalized spacial score (nSPS) is 20.1. The molecule has 2 aromatic rings. The number of nitrogens with zero attached hydrogens (tertiary/aromatic N) is 2. The number of benzene rings is 1. The van der Waals surface area contributed by atoms with Crippen LogP contribution in [0.1, 0.15) is 29.8 Å². The van der Waals surface area contributed by atoms with Crippen LogP contribution in [0.4, 0.5) is 0 Å². The van der Waals surface area contributed by atoms with Gasteiger partial charge in [0.1, 0.15) is 5.03 Å². The van der Waals surface area contributed by atoms with Gasteiger partial charge in [-0.15, -0.1) is 10.2 Å². The third kappa shape index (κ3) is 4.06. The minimum Gasteiger partial charge on any atom is -0.348 e. The summed E-state index contributed by atoms with van der Waals surface area (Å²) in [5.74, 6) is 0.166. The van der Waals surface area contributed by atoms with E-state index in [2.05, 4.69) is 15.5 Å². The van der Waals surface area contributed by atoms with E-state index in [1.165, 1.54) is 11.8 Å². The van der Waals surface area contributed by atoms with Crippen molar-refractivity contribution < 1.29 is 4.79 Å². The number of carbonyl (C=O) groups excluding carboxylic acids is 1. The quantitative estimate of drug-likeness (QED) is 0.854. The third-order valence-corrected chi connectivity index (χ3v) is 5.65. The average Bonchev–Trinajstić information content (AvgIpc) is 3.04. The molecule has 3 N–H and O–H groups in total. The Hall–Kier alpha value is -1.63. The van der Waals surface area contributed by atoms with Crippen molar-refractivity contribution in [2.24, 2.45) is 11.7 Å². The summed E-state index contributed by atoms with van der Waals surface area (Å²) in [5, 5.41) is 12.5. The van der Waals surface area contributed by atoms with Gasteiger partial charge in [0.2, 0.25) is 0 Å². The molecule has 0 radical (unpaired) electrons. The summed E-state index contributed by atoms with van der Waals surface area (Å²) in [6.07, 6.45) is 3.15. The van der Waals surface area contributed by atoms with Crippen LogP contribution in [-0.2, 0) is 0 Å². The van der Waals surface area contributed by atoms with Gasteiger partial charge in [0.05, 0.1) is 5.02 Å². The van der Waals surface area contributed by atoms with Crippen LogP contribution >= 0.6 is 23.4 Å². The number of hydrogen-bond acceptors (Lipinski definition) is 5. The molecule has 1 aliphatic rings. The molecule has 0 spiro atoms. The maximum Gasteiger partial charge on any atom is 0.272 e. The summed E-state index contributed by atoms with van der Waals surface area (Å²) in [6.45, 7) is 0.601. The number of nitrogens with two attached hydrogens (primary N) is 1. The van der Waals surface area contributed by atoms with E-state index < -0.39 is 0 Å². The van der Waals surface area contributed by atoms with E-state index in [1.807, 2.05) is 24.3 Å². The van der Waals surface area contributed by atoms with E-state index in [0.717, 1.165) is 24.2 Å². The Morgan fingerprint density at radius 1 is 1.25 bits per heavy atom. The van der Waals surface area contributed by atoms with Gasteiger partial charge in [0, 0.05) is 10.9 Å². The molecule has 1 aromatic carbocycles. The first-order valence-corrected chi connectivity index (χ1v) is 9.14. The largest absolute Gasteiger partial charge is 0.348 e. The highest BCUT2D eigenvalue weighted by atomic mass is 35.5. The van der Waals surface area contributed by atoms with Crippen molar-refractivity contribution in [3.63, 3.8) is 0 Å². The number of aromatic nitrogens is 2. The summed E-state index contributed by atoms with van der Waals surface area (Å²) in [5.41, 5.74) is 6.07. The Morgan fingerprint density at radius 3 is 2.79 bits per heavy atom. The van der Waals surface area contributed by atoms with Crippen LogP contribution in [0.25, 0.3) is 0 Å². The van der Waals surface area contributed by atoms with E-state index in [1.54, 1.807) is 12.1 Å². The molecule has 1 aromatic heterocycles. The first kappa shape index (κ1) is 17.2. The molecular weight excluding hydrogens is 344 g/mol. The highest BCUT2D eigenvalue weighted by Gasteiger charge is 2.27. The zero-order valence-corrected chi connectivity index (χ0v) is 14.7. The van der Waals surface area contributed by atoms with Gasteiger partial charge in [-0.3, -0.25) is 4.79 Å². The van der Waals surface area contributed by atoms with Gasteiger partial charge < -0.3 is 11.1 Å². The maximum atomic E-state index is 12.3. The van der Waals surface area contributed by atoms with Crippen LogP contribution in [0.15, 0.2) is 46.3 Å². The molecule has 126 valence electrons. The van der Waals surface area contributed by atoms with Crippen molar-refractivity contribution in [3.05, 3.63) is 47.1 Å². The molecule has 1 saturated carbocycles. The molecule has 1 aliphatic carbocycles. The molecule has 1 heterocycles. The van der Waals surface area contributed by atoms with Crippen LogP contribution in [-0.4, -0.2) is 28.7 Å². The Morgan fingerprint density at radius 2 is 2.08 bits per heavy atom. The smallest absolute Gasteiger partial charge is 0.272 e. The molecule has 3 rings (SSSR count). The molecule has 5 nitrogen and oxygen atoms in total. The lowest BCUT2D eigenvalue weighted by molar-refractivity contribution is 0.0922. The minimum atomic E-state index is -0.192. The van der Waals surface area contributed by atoms with E-state index in [9.17, 15) is 4.79 Å². The topological polar surface area (TPSA) is 80.9 Å². The van der Waals surface area contributed by atoms with Gasteiger partial charge in [0.25, 0.3) is 5.91 Å². The monoisotopic (exact) mass is 362 g/mol. The molecule has 0 saturated heterocycles. The lowest BCUT2D eigenvalue weighted by Gasteiger charge is -2.18. The second-order valence-electron chi connectivity index (χ2n) is 5.80. The Balaban J connectivity index is 1.64. The minimum absolute atomic E-state index is 0.140. The molecule has 24 heavy (non-hydrogen) atoms. The first-order valence-electron chi connectivity index (χ1n) is 7.94. The SMILES string of the molecule is NCC1CCCC1NC(=O)c1ccc(Sc2ccccc2Cl)nn1. The van der Waals surface area contributed by atoms with E-state index in [-0.39, 0.29) is 11.9 Å². The predicted molar refractivity (Wildman–Crippen MR) is 95.3 cm³/mol. The number of amides is 1. The number of halogens is 1. The van der Waals surface area contributed by atoms with Crippen LogP contribution in [0, 0.1) is 5.92 Å². The van der Waals surface area contributed by atoms with E-state index >= 15 is 0 Å². The number of nitrogens with one attached hydrogen (secondary N) is 1. The van der Waals surface area contributed by atoms with E-state index in [0.29, 0.717) is 28.2 Å². The summed E-state index contributed by atoms with van der Waals surface area (Å²) >= 11 is 7.55. The summed E-state index contributed by atoms with van der Waals surface area (Å²) in [6, 6.07) is 11.2. The van der Waals surface area contributed by atoms with Gasteiger partial charge in [0.15, 0.2) is 5.69 Å². The standard InChI is InChI=1S/C17H19ClN4OS/c18-12-5-1-2-7-15(12)24-16-9-8-14(21-22-16)17(23)20-13-6-3-4-11(13)10-19/h1-2,5,7-9,11,13H,3-4,6,10,19H2,(H,20,23). The molecule has 2 atom stereocenters. The van der Waals surface area contributed by atoms with Crippen molar-refractivity contribution in [2.45, 2.75) is 35.2 Å². The second kappa shape index (κ2) is 7.96. The molecule has 1 amide bonds. The highest BCUT2D eigenvalue weighted by Crippen LogP contribution is 2.31. The molecule has 7 heteroatoms. The van der Waals surface area contributed by atoms with Gasteiger partial charge >= 0.3 is 0 Å². The molecular formula is C17H19ClN4OS. The van der Waals surface area contributed by atoms with Crippen molar-refractivity contribution >= 4 is 29.3 Å². The summed E-state index contributed by atoms with van der Waals surface area (Å²) in [4.78, 5) is 13.2. The van der Waals surface area contributed by atoms with Crippen molar-refractivity contribution in [3.8, 4) is 0 Å². The van der Waals surface area contributed by atoms with Gasteiger partial charge in [-0.1, -0.05) is 41.9 Å². The zero-order chi connectivity index (χ0) is 16.9. The zero-order valence-electron chi connectivity index (χ0n) is 13.1. The Labute approximate surface area is 150 Å². The summed E-state index contributed by atoms with van der Waals surface area (Å²) < 4.78 is 0. The van der Waals surface area contributed by atoms with Gasteiger partial charge in [-0.25, -0.2) is 0 Å². The fourth-order valence-corrected chi connectivity index (χ4v) is 3.89. The molecule has 2 unspecified atom stereocenters. The number of hydrogen-bond donors (Lipinski definition) is 2. The maximum absolute atomic E-state index is 12.3. The van der Waals surface area contributed by atoms with Crippen molar-refractivity contribution in [1.29, 1.82) is 0 Å². The number of carbonyl (C=O) groups is 1. The first-order chi connectivity index (χ1) is 11.7. The fraction of sp³-hybridized carbons (Fsp3) is 0.353. The average molecular weight is 363 g/mol. The van der Waals surface area contributed by atoms with Crippen molar-refractivity contribution in [1.82, 2.24) is 15.5 Å². The van der Waals surface area contributed by atoms with Crippen LogP contribution in [0.2, 0.25) is 5.02 Å². The highest BCUT2D eigenvalue weighted by molar-refractivity contribution is 7.99. The fourth-order valence-electron chi connectivity index (χ4n) is 2.89. The second-order valence-corrected chi connectivity index (χ2v) is 7.27. The van der Waals surface area contributed by atoms with Gasteiger partial charge in [-0.05, 0) is 49.6 Å². The predicted octanol–water partition coefficient (Wildman–Crippen LogP) is 3.14. The van der Waals surface area contributed by atoms with Gasteiger partial charge in [-0.2, -0.15) is 0 Å². The molecule has 0 bridgehead atoms. The van der Waals surface area contributed by atoms with Crippen LogP contribution < -0.4 is 11.1 Å². The lowest BCUT2D eigenvalue weighted by Crippen LogP contribution is -2.40. The Bertz CT molecular complexity index is 710. The Kier molecular flexibility index (Phi) is 5.71.